The van der Waals surface area contributed by atoms with Gasteiger partial charge in [-0.2, -0.15) is 0 Å². The highest BCUT2D eigenvalue weighted by molar-refractivity contribution is 5.80. The summed E-state index contributed by atoms with van der Waals surface area (Å²) in [5.74, 6) is 1.01. The summed E-state index contributed by atoms with van der Waals surface area (Å²) in [5.41, 5.74) is 6.52. The van der Waals surface area contributed by atoms with Gasteiger partial charge >= 0.3 is 0 Å². The zero-order chi connectivity index (χ0) is 13.4. The fourth-order valence-corrected chi connectivity index (χ4v) is 1.53. The van der Waals surface area contributed by atoms with Gasteiger partial charge in [0, 0.05) is 6.42 Å². The minimum atomic E-state index is -0.0389. The van der Waals surface area contributed by atoms with Crippen LogP contribution in [-0.4, -0.2) is 24.3 Å². The molecule has 0 aliphatic heterocycles. The molecule has 1 atom stereocenters. The minimum Gasteiger partial charge on any atom is -0.497 e. The van der Waals surface area contributed by atoms with Crippen LogP contribution in [0.1, 0.15) is 25.3 Å². The summed E-state index contributed by atoms with van der Waals surface area (Å²) < 4.78 is 10.8. The molecule has 1 aromatic carbocycles. The van der Waals surface area contributed by atoms with Crippen LogP contribution in [0.3, 0.4) is 0 Å². The molecule has 0 saturated carbocycles. The quantitative estimate of drug-likeness (QED) is 0.337. The number of hydrogen-bond donors (Lipinski definition) is 2. The first kappa shape index (κ1) is 14.3. The second kappa shape index (κ2) is 7.55. The summed E-state index contributed by atoms with van der Waals surface area (Å²) >= 11 is 0. The van der Waals surface area contributed by atoms with E-state index in [1.165, 1.54) is 0 Å². The van der Waals surface area contributed by atoms with Gasteiger partial charge in [-0.15, -0.1) is 0 Å². The van der Waals surface area contributed by atoms with Crippen LogP contribution >= 0.6 is 0 Å². The lowest BCUT2D eigenvalue weighted by Crippen LogP contribution is -2.22. The van der Waals surface area contributed by atoms with E-state index in [0.717, 1.165) is 17.7 Å². The number of nitrogens with zero attached hydrogens (tertiary/aromatic N) is 1. The highest BCUT2D eigenvalue weighted by atomic mass is 16.5. The Kier molecular flexibility index (Phi) is 6.00. The van der Waals surface area contributed by atoms with Crippen molar-refractivity contribution < 1.29 is 14.7 Å². The Morgan fingerprint density at radius 2 is 2.06 bits per heavy atom. The minimum absolute atomic E-state index is 0.0389. The topological polar surface area (TPSA) is 77.1 Å². The Morgan fingerprint density at radius 1 is 1.39 bits per heavy atom. The lowest BCUT2D eigenvalue weighted by Gasteiger charge is -2.15. The fraction of sp³-hybridized carbons (Fsp3) is 0.462. The fourth-order valence-electron chi connectivity index (χ4n) is 1.53. The van der Waals surface area contributed by atoms with E-state index in [4.69, 9.17) is 20.4 Å². The first-order valence-corrected chi connectivity index (χ1v) is 5.90. The molecule has 5 heteroatoms. The van der Waals surface area contributed by atoms with Crippen molar-refractivity contribution in [3.8, 4) is 5.75 Å². The number of oxime groups is 1. The third-order valence-corrected chi connectivity index (χ3v) is 2.67. The molecular weight excluding hydrogens is 232 g/mol. The summed E-state index contributed by atoms with van der Waals surface area (Å²) in [4.78, 5) is 0. The van der Waals surface area contributed by atoms with Gasteiger partial charge in [-0.05, 0) is 24.1 Å². The Labute approximate surface area is 107 Å². The Morgan fingerprint density at radius 3 is 2.56 bits per heavy atom. The van der Waals surface area contributed by atoms with Gasteiger partial charge in [0.25, 0.3) is 0 Å². The summed E-state index contributed by atoms with van der Waals surface area (Å²) in [6.45, 7) is 2.50. The monoisotopic (exact) mass is 252 g/mol. The molecule has 100 valence electrons. The van der Waals surface area contributed by atoms with Crippen molar-refractivity contribution in [3.05, 3.63) is 29.8 Å². The standard InChI is InChI=1S/C13H20N2O3/c1-3-11(8-13(14)15-16)18-9-10-4-6-12(17-2)7-5-10/h4-7,11,16H,3,8-9H2,1-2H3,(H2,14,15). The maximum absolute atomic E-state index is 8.52. The third kappa shape index (κ3) is 4.63. The molecule has 1 aromatic rings. The van der Waals surface area contributed by atoms with Crippen LogP contribution in [0, 0.1) is 0 Å². The van der Waals surface area contributed by atoms with E-state index in [0.29, 0.717) is 13.0 Å². The zero-order valence-corrected chi connectivity index (χ0v) is 10.8. The molecule has 0 radical (unpaired) electrons. The molecule has 1 unspecified atom stereocenters. The molecule has 3 N–H and O–H groups in total. The normalized spacial score (nSPS) is 13.3. The van der Waals surface area contributed by atoms with Crippen LogP contribution < -0.4 is 10.5 Å². The molecule has 18 heavy (non-hydrogen) atoms. The van der Waals surface area contributed by atoms with Gasteiger partial charge in [-0.1, -0.05) is 24.2 Å². The van der Waals surface area contributed by atoms with E-state index in [2.05, 4.69) is 5.16 Å². The van der Waals surface area contributed by atoms with Crippen molar-refractivity contribution in [1.82, 2.24) is 0 Å². The first-order valence-electron chi connectivity index (χ1n) is 5.90. The molecule has 0 aliphatic rings. The van der Waals surface area contributed by atoms with Gasteiger partial charge in [0.1, 0.15) is 11.6 Å². The maximum atomic E-state index is 8.52. The predicted molar refractivity (Wildman–Crippen MR) is 69.9 cm³/mol. The Hall–Kier alpha value is -1.75. The van der Waals surface area contributed by atoms with Crippen LogP contribution in [0.25, 0.3) is 0 Å². The molecule has 0 bridgehead atoms. The van der Waals surface area contributed by atoms with Crippen LogP contribution in [0.2, 0.25) is 0 Å². The van der Waals surface area contributed by atoms with Gasteiger partial charge in [0.05, 0.1) is 19.8 Å². The van der Waals surface area contributed by atoms with Gasteiger partial charge in [-0.25, -0.2) is 0 Å². The summed E-state index contributed by atoms with van der Waals surface area (Å²) in [7, 11) is 1.63. The van der Waals surface area contributed by atoms with Gasteiger partial charge in [0.2, 0.25) is 0 Å². The Balaban J connectivity index is 2.46. The van der Waals surface area contributed by atoms with E-state index >= 15 is 0 Å². The van der Waals surface area contributed by atoms with Crippen molar-refractivity contribution in [2.24, 2.45) is 10.9 Å². The van der Waals surface area contributed by atoms with Gasteiger partial charge < -0.3 is 20.4 Å². The van der Waals surface area contributed by atoms with Crippen molar-refractivity contribution in [1.29, 1.82) is 0 Å². The number of nitrogens with two attached hydrogens (primary N) is 1. The second-order valence-corrected chi connectivity index (χ2v) is 3.98. The summed E-state index contributed by atoms with van der Waals surface area (Å²) in [6.07, 6.45) is 1.21. The lowest BCUT2D eigenvalue weighted by molar-refractivity contribution is 0.0424. The smallest absolute Gasteiger partial charge is 0.141 e. The van der Waals surface area contributed by atoms with Crippen LogP contribution in [0.4, 0.5) is 0 Å². The van der Waals surface area contributed by atoms with E-state index in [9.17, 15) is 0 Å². The summed E-state index contributed by atoms with van der Waals surface area (Å²) in [5, 5.41) is 11.5. The predicted octanol–water partition coefficient (Wildman–Crippen LogP) is 2.13. The highest BCUT2D eigenvalue weighted by Crippen LogP contribution is 2.14. The molecule has 5 nitrogen and oxygen atoms in total. The largest absolute Gasteiger partial charge is 0.497 e. The number of methoxy groups -OCH3 is 1. The maximum Gasteiger partial charge on any atom is 0.141 e. The van der Waals surface area contributed by atoms with Crippen molar-refractivity contribution in [2.75, 3.05) is 7.11 Å². The molecule has 0 aliphatic carbocycles. The molecule has 0 spiro atoms. The number of amidine groups is 1. The van der Waals surface area contributed by atoms with E-state index in [1.807, 2.05) is 31.2 Å². The average Bonchev–Trinajstić information content (AvgIpc) is 2.43. The number of benzene rings is 1. The van der Waals surface area contributed by atoms with E-state index in [-0.39, 0.29) is 11.9 Å². The Bertz CT molecular complexity index is 376. The SMILES string of the molecule is CCC(C/C(N)=N/O)OCc1ccc(OC)cc1. The highest BCUT2D eigenvalue weighted by Gasteiger charge is 2.09. The van der Waals surface area contributed by atoms with Crippen molar-refractivity contribution >= 4 is 5.84 Å². The summed E-state index contributed by atoms with van der Waals surface area (Å²) in [6, 6.07) is 7.69. The first-order chi connectivity index (χ1) is 8.69. The van der Waals surface area contributed by atoms with Crippen LogP contribution in [0.5, 0.6) is 5.75 Å². The molecule has 0 amide bonds. The average molecular weight is 252 g/mol. The molecule has 1 rings (SSSR count). The van der Waals surface area contributed by atoms with E-state index in [1.54, 1.807) is 7.11 Å². The molecule has 0 aromatic heterocycles. The number of hydrogen-bond acceptors (Lipinski definition) is 4. The van der Waals surface area contributed by atoms with Crippen LogP contribution in [0.15, 0.2) is 29.4 Å². The second-order valence-electron chi connectivity index (χ2n) is 3.98. The number of rotatable bonds is 7. The van der Waals surface area contributed by atoms with Crippen LogP contribution in [-0.2, 0) is 11.3 Å². The van der Waals surface area contributed by atoms with Gasteiger partial charge in [-0.3, -0.25) is 0 Å². The molecule has 0 saturated heterocycles. The lowest BCUT2D eigenvalue weighted by atomic mass is 10.2. The number of ether oxygens (including phenoxy) is 2. The zero-order valence-electron chi connectivity index (χ0n) is 10.8. The van der Waals surface area contributed by atoms with Crippen molar-refractivity contribution in [3.63, 3.8) is 0 Å². The molecule has 0 heterocycles. The molecular formula is C13H20N2O3. The van der Waals surface area contributed by atoms with Crippen molar-refractivity contribution in [2.45, 2.75) is 32.5 Å². The van der Waals surface area contributed by atoms with Gasteiger partial charge in [0.15, 0.2) is 0 Å². The van der Waals surface area contributed by atoms with E-state index < -0.39 is 0 Å². The third-order valence-electron chi connectivity index (χ3n) is 2.67. The molecule has 0 fully saturated rings.